The number of fused-ring (bicyclic) bond motifs is 1. The first kappa shape index (κ1) is 30.3. The summed E-state index contributed by atoms with van der Waals surface area (Å²) in [6, 6.07) is 41.7. The van der Waals surface area contributed by atoms with E-state index in [0.29, 0.717) is 17.6 Å². The van der Waals surface area contributed by atoms with Crippen molar-refractivity contribution in [2.75, 3.05) is 4.90 Å². The number of anilines is 3. The molecular weight excluding hydrogens is 735 g/mol. The molecule has 1 aliphatic rings. The molecule has 45 heavy (non-hydrogen) atoms. The van der Waals surface area contributed by atoms with Crippen molar-refractivity contribution in [1.82, 2.24) is 19.9 Å². The molecule has 0 unspecified atom stereocenters. The van der Waals surface area contributed by atoms with Crippen molar-refractivity contribution < 1.29 is 24.8 Å². The Labute approximate surface area is 277 Å². The molecule has 1 radical (unpaired) electrons. The van der Waals surface area contributed by atoms with Crippen molar-refractivity contribution in [1.29, 1.82) is 0 Å². The van der Waals surface area contributed by atoms with E-state index in [4.69, 9.17) is 24.7 Å². The monoisotopic (exact) mass is 767 g/mol. The molecule has 3 heterocycles. The molecule has 0 saturated carbocycles. The molecule has 1 aliphatic heterocycles. The number of nitrogens with zero attached hydrogens (tertiary/aromatic N) is 5. The topological polar surface area (TPSA) is 64.0 Å². The number of ether oxygens (including phenoxy) is 1. The summed E-state index contributed by atoms with van der Waals surface area (Å²) in [6.07, 6.45) is 1.82. The van der Waals surface area contributed by atoms with Crippen LogP contribution in [-0.4, -0.2) is 25.5 Å². The van der Waals surface area contributed by atoms with E-state index < -0.39 is 0 Å². The van der Waals surface area contributed by atoms with Gasteiger partial charge in [-0.15, -0.1) is 23.8 Å². The molecule has 6 nitrogen and oxygen atoms in total. The fourth-order valence-corrected chi connectivity index (χ4v) is 5.46. The van der Waals surface area contributed by atoms with Gasteiger partial charge in [0, 0.05) is 60.0 Å². The van der Waals surface area contributed by atoms with Crippen molar-refractivity contribution in [3.05, 3.63) is 133 Å². The molecule has 0 atom stereocenters. The van der Waals surface area contributed by atoms with Crippen molar-refractivity contribution >= 4 is 17.3 Å². The minimum absolute atomic E-state index is 0. The van der Waals surface area contributed by atoms with E-state index in [1.807, 2.05) is 96.0 Å². The van der Waals surface area contributed by atoms with Crippen LogP contribution in [0.5, 0.6) is 5.75 Å². The van der Waals surface area contributed by atoms with E-state index >= 15 is 0 Å². The Kier molecular flexibility index (Phi) is 8.08. The first-order valence-electron chi connectivity index (χ1n) is 14.7. The zero-order valence-corrected chi connectivity index (χ0v) is 27.9. The fraction of sp³-hybridized carbons (Fsp3) is 0.158. The van der Waals surface area contributed by atoms with Gasteiger partial charge in [-0.25, -0.2) is 4.98 Å². The van der Waals surface area contributed by atoms with Gasteiger partial charge in [-0.05, 0) is 43.8 Å². The molecule has 0 amide bonds. The summed E-state index contributed by atoms with van der Waals surface area (Å²) in [4.78, 5) is 21.8. The predicted molar refractivity (Wildman–Crippen MR) is 175 cm³/mol. The molecule has 7 heteroatoms. The Morgan fingerprint density at radius 3 is 1.82 bits per heavy atom. The zero-order chi connectivity index (χ0) is 30.3. The quantitative estimate of drug-likeness (QED) is 0.158. The van der Waals surface area contributed by atoms with E-state index in [1.54, 1.807) is 0 Å². The maximum absolute atomic E-state index is 6.24. The van der Waals surface area contributed by atoms with Gasteiger partial charge in [0.25, 0.3) is 0 Å². The maximum atomic E-state index is 6.24. The second-order valence-corrected chi connectivity index (χ2v) is 11.9. The van der Waals surface area contributed by atoms with Crippen LogP contribution in [0.15, 0.2) is 121 Å². The number of pyridine rings is 1. The van der Waals surface area contributed by atoms with Crippen LogP contribution in [0.4, 0.5) is 17.3 Å². The van der Waals surface area contributed by atoms with Crippen molar-refractivity contribution in [2.24, 2.45) is 0 Å². The Morgan fingerprint density at radius 2 is 1.24 bits per heavy atom. The molecule has 0 N–H and O–H groups in total. The van der Waals surface area contributed by atoms with Crippen molar-refractivity contribution in [2.45, 2.75) is 38.7 Å². The number of hydrogen-bond acceptors (Lipinski definition) is 6. The minimum Gasteiger partial charge on any atom is -0.530 e. The normalized spacial score (nSPS) is 14.1. The summed E-state index contributed by atoms with van der Waals surface area (Å²) in [5, 5.41) is 0. The molecule has 0 aliphatic carbocycles. The standard InChI is InChI=1S/C38H32N5O.Ir/c1-37(2)31-24-27(21-23-33(31)44-38(37,3)4)32-22-20-28(25-39-32)35-40-34(26-14-8-5-9-15-26)41-36(42-35)43(29-16-10-6-11-17-29)30-18-12-7-13-19-30;/h5-20,22-25H,1-4H3;/q-1;. The molecular formula is C38H32IrN5O-. The number of rotatable bonds is 6. The van der Waals surface area contributed by atoms with Gasteiger partial charge < -0.3 is 9.72 Å². The third kappa shape index (κ3) is 5.65. The second-order valence-electron chi connectivity index (χ2n) is 11.9. The first-order chi connectivity index (χ1) is 21.3. The van der Waals surface area contributed by atoms with Crippen LogP contribution in [-0.2, 0) is 25.5 Å². The Balaban J connectivity index is 0.00000357. The van der Waals surface area contributed by atoms with Gasteiger partial charge in [0.05, 0.1) is 5.60 Å². The van der Waals surface area contributed by atoms with Crippen molar-refractivity contribution in [3.63, 3.8) is 0 Å². The van der Waals surface area contributed by atoms with E-state index in [2.05, 4.69) is 64.1 Å². The van der Waals surface area contributed by atoms with E-state index in [-0.39, 0.29) is 31.1 Å². The SMILES string of the molecule is CC1(C)Oc2c[c-]c(-c3ccc(-c4nc(-c5ccccc5)nc(N(c5ccccc5)c5ccccc5)n4)cn3)cc2C1(C)C.[Ir]. The Hall–Kier alpha value is -4.71. The summed E-state index contributed by atoms with van der Waals surface area (Å²) in [7, 11) is 0. The summed E-state index contributed by atoms with van der Waals surface area (Å²) >= 11 is 0. The number of benzene rings is 4. The van der Waals surface area contributed by atoms with Gasteiger partial charge in [0.15, 0.2) is 11.6 Å². The largest absolute Gasteiger partial charge is 0.530 e. The second kappa shape index (κ2) is 12.0. The van der Waals surface area contributed by atoms with E-state index in [0.717, 1.165) is 39.5 Å². The molecule has 4 aromatic carbocycles. The predicted octanol–water partition coefficient (Wildman–Crippen LogP) is 8.98. The zero-order valence-electron chi connectivity index (χ0n) is 25.5. The third-order valence-corrected chi connectivity index (χ3v) is 8.64. The van der Waals surface area contributed by atoms with Gasteiger partial charge in [0.2, 0.25) is 5.95 Å². The Bertz CT molecular complexity index is 1890. The molecule has 0 saturated heterocycles. The third-order valence-electron chi connectivity index (χ3n) is 8.64. The summed E-state index contributed by atoms with van der Waals surface area (Å²) in [5.41, 5.74) is 6.05. The van der Waals surface area contributed by atoms with Crippen LogP contribution < -0.4 is 9.64 Å². The van der Waals surface area contributed by atoms with Gasteiger partial charge in [-0.1, -0.05) is 98.3 Å². The van der Waals surface area contributed by atoms with Crippen LogP contribution in [0.25, 0.3) is 34.0 Å². The Morgan fingerprint density at radius 1 is 0.667 bits per heavy atom. The number of hydrogen-bond donors (Lipinski definition) is 0. The number of aromatic nitrogens is 4. The van der Waals surface area contributed by atoms with Crippen LogP contribution in [0.3, 0.4) is 0 Å². The maximum Gasteiger partial charge on any atom is 0.238 e. The average molecular weight is 767 g/mol. The first-order valence-corrected chi connectivity index (χ1v) is 14.7. The van der Waals surface area contributed by atoms with Crippen molar-refractivity contribution in [3.8, 4) is 39.8 Å². The van der Waals surface area contributed by atoms with Gasteiger partial charge in [0.1, 0.15) is 0 Å². The molecule has 6 aromatic rings. The minimum atomic E-state index is -0.306. The molecule has 2 aromatic heterocycles. The summed E-state index contributed by atoms with van der Waals surface area (Å²) in [6.45, 7) is 8.69. The van der Waals surface area contributed by atoms with E-state index in [1.165, 1.54) is 5.56 Å². The summed E-state index contributed by atoms with van der Waals surface area (Å²) < 4.78 is 6.24. The molecule has 0 spiro atoms. The van der Waals surface area contributed by atoms with Gasteiger partial charge >= 0.3 is 0 Å². The molecule has 0 fully saturated rings. The smallest absolute Gasteiger partial charge is 0.238 e. The van der Waals surface area contributed by atoms with Crippen LogP contribution in [0.1, 0.15) is 33.3 Å². The molecule has 0 bridgehead atoms. The van der Waals surface area contributed by atoms with E-state index in [9.17, 15) is 0 Å². The van der Waals surface area contributed by atoms with Crippen LogP contribution in [0, 0.1) is 6.07 Å². The molecule has 7 rings (SSSR count). The number of para-hydroxylation sites is 2. The van der Waals surface area contributed by atoms with Gasteiger partial charge in [-0.2, -0.15) is 9.97 Å². The average Bonchev–Trinajstić information content (AvgIpc) is 3.24. The van der Waals surface area contributed by atoms with Crippen LogP contribution in [0.2, 0.25) is 0 Å². The summed E-state index contributed by atoms with van der Waals surface area (Å²) in [5.74, 6) is 2.53. The fourth-order valence-electron chi connectivity index (χ4n) is 5.46. The van der Waals surface area contributed by atoms with Gasteiger partial charge in [-0.3, -0.25) is 4.90 Å². The molecule has 225 valence electrons. The van der Waals surface area contributed by atoms with Crippen LogP contribution >= 0.6 is 0 Å².